The van der Waals surface area contributed by atoms with E-state index < -0.39 is 61.1 Å². The molecule has 202 valence electrons. The van der Waals surface area contributed by atoms with E-state index in [1.54, 1.807) is 5.32 Å². The molecule has 1 unspecified atom stereocenters. The Hall–Kier alpha value is -4.49. The van der Waals surface area contributed by atoms with Gasteiger partial charge in [-0.05, 0) is 24.8 Å². The zero-order valence-corrected chi connectivity index (χ0v) is 20.0. The van der Waals surface area contributed by atoms with E-state index in [9.17, 15) is 33.6 Å². The van der Waals surface area contributed by atoms with E-state index in [1.807, 2.05) is 30.3 Å². The van der Waals surface area contributed by atoms with E-state index in [1.165, 1.54) is 0 Å². The van der Waals surface area contributed by atoms with Gasteiger partial charge in [0.05, 0.1) is 0 Å². The molecule has 37 heavy (non-hydrogen) atoms. The molecular weight excluding hydrogens is 492 g/mol. The summed E-state index contributed by atoms with van der Waals surface area (Å²) in [6.45, 7) is 1.08. The fourth-order valence-electron chi connectivity index (χ4n) is 3.12. The first-order valence-electron chi connectivity index (χ1n) is 11.4. The van der Waals surface area contributed by atoms with Crippen molar-refractivity contribution in [3.05, 3.63) is 35.9 Å². The van der Waals surface area contributed by atoms with Crippen molar-refractivity contribution in [1.82, 2.24) is 20.9 Å². The van der Waals surface area contributed by atoms with Gasteiger partial charge in [0.1, 0.15) is 12.5 Å². The molecule has 1 heterocycles. The van der Waals surface area contributed by atoms with Gasteiger partial charge < -0.3 is 26.0 Å². The van der Waals surface area contributed by atoms with E-state index in [-0.39, 0.29) is 12.5 Å². The van der Waals surface area contributed by atoms with Gasteiger partial charge in [0.15, 0.2) is 0 Å². The van der Waals surface area contributed by atoms with Gasteiger partial charge in [-0.1, -0.05) is 36.8 Å². The average Bonchev–Trinajstić information content (AvgIpc) is 2.82. The number of carbonyl (C=O) groups is 7. The van der Waals surface area contributed by atoms with Crippen molar-refractivity contribution in [1.29, 1.82) is 0 Å². The summed E-state index contributed by atoms with van der Waals surface area (Å²) in [5, 5.41) is 33.1. The minimum atomic E-state index is -1.60. The Labute approximate surface area is 212 Å². The maximum atomic E-state index is 11.4. The molecule has 6 amide bonds. The second-order valence-electron chi connectivity index (χ2n) is 7.88. The third kappa shape index (κ3) is 12.7. The summed E-state index contributed by atoms with van der Waals surface area (Å²) in [5.74, 6) is -5.30. The van der Waals surface area contributed by atoms with Crippen molar-refractivity contribution in [3.8, 4) is 0 Å². The van der Waals surface area contributed by atoms with Crippen LogP contribution >= 0.6 is 0 Å². The van der Waals surface area contributed by atoms with Gasteiger partial charge in [0, 0.05) is 25.9 Å². The predicted molar refractivity (Wildman–Crippen MR) is 126 cm³/mol. The predicted octanol–water partition coefficient (Wildman–Crippen LogP) is 0.904. The molecule has 0 saturated carbocycles. The van der Waals surface area contributed by atoms with E-state index in [4.69, 9.17) is 15.3 Å². The Kier molecular flexibility index (Phi) is 13.4. The lowest BCUT2D eigenvalue weighted by molar-refractivity contribution is -0.151. The highest BCUT2D eigenvalue weighted by Gasteiger charge is 2.39. The van der Waals surface area contributed by atoms with Crippen LogP contribution in [-0.4, -0.2) is 74.6 Å². The maximum absolute atomic E-state index is 11.4. The van der Waals surface area contributed by atoms with Crippen LogP contribution < -0.4 is 16.0 Å². The van der Waals surface area contributed by atoms with Gasteiger partial charge in [-0.25, -0.2) is 19.3 Å². The monoisotopic (exact) mass is 522 g/mol. The third-order valence-corrected chi connectivity index (χ3v) is 4.92. The summed E-state index contributed by atoms with van der Waals surface area (Å²) < 4.78 is 0. The van der Waals surface area contributed by atoms with E-state index in [2.05, 4.69) is 10.6 Å². The molecule has 1 saturated heterocycles. The summed E-state index contributed by atoms with van der Waals surface area (Å²) in [7, 11) is 0. The molecule has 1 fully saturated rings. The highest BCUT2D eigenvalue weighted by molar-refractivity contribution is 6.15. The molecule has 1 aliphatic rings. The maximum Gasteiger partial charge on any atom is 0.331 e. The van der Waals surface area contributed by atoms with Gasteiger partial charge in [-0.15, -0.1) is 0 Å². The van der Waals surface area contributed by atoms with Crippen molar-refractivity contribution in [2.24, 2.45) is 0 Å². The normalized spacial score (nSPS) is 13.5. The van der Waals surface area contributed by atoms with Crippen LogP contribution in [0.4, 0.5) is 9.59 Å². The van der Waals surface area contributed by atoms with Gasteiger partial charge >= 0.3 is 30.0 Å². The topological polar surface area (TPSA) is 220 Å². The van der Waals surface area contributed by atoms with Crippen LogP contribution in [0.2, 0.25) is 0 Å². The number of hydrogen-bond donors (Lipinski definition) is 6. The zero-order chi connectivity index (χ0) is 27.8. The number of nitrogens with zero attached hydrogens (tertiary/aromatic N) is 1. The first kappa shape index (κ1) is 30.5. The minimum Gasteiger partial charge on any atom is -0.481 e. The third-order valence-electron chi connectivity index (χ3n) is 4.92. The van der Waals surface area contributed by atoms with Gasteiger partial charge in [0.25, 0.3) is 0 Å². The van der Waals surface area contributed by atoms with Gasteiger partial charge in [0.2, 0.25) is 11.8 Å². The lowest BCUT2D eigenvalue weighted by Crippen LogP contribution is -2.58. The number of unbranched alkanes of at least 4 members (excludes halogenated alkanes) is 2. The van der Waals surface area contributed by atoms with Crippen LogP contribution in [-0.2, 0) is 30.5 Å². The Morgan fingerprint density at radius 2 is 1.54 bits per heavy atom. The molecule has 0 aliphatic carbocycles. The van der Waals surface area contributed by atoms with E-state index in [0.29, 0.717) is 24.4 Å². The van der Waals surface area contributed by atoms with Crippen molar-refractivity contribution >= 4 is 41.8 Å². The fraction of sp³-hybridized carbons (Fsp3) is 0.435. The molecule has 1 aromatic rings. The van der Waals surface area contributed by atoms with Crippen LogP contribution in [0.5, 0.6) is 0 Å². The number of aliphatic carboxylic acids is 3. The quantitative estimate of drug-likeness (QED) is 0.159. The van der Waals surface area contributed by atoms with Crippen LogP contribution in [0.3, 0.4) is 0 Å². The van der Waals surface area contributed by atoms with Crippen molar-refractivity contribution < 1.29 is 48.9 Å². The molecule has 1 aliphatic heterocycles. The number of barbiturate groups is 1. The van der Waals surface area contributed by atoms with E-state index in [0.717, 1.165) is 18.4 Å². The average molecular weight is 523 g/mol. The highest BCUT2D eigenvalue weighted by atomic mass is 16.4. The fourth-order valence-corrected chi connectivity index (χ4v) is 3.12. The number of urea groups is 2. The largest absolute Gasteiger partial charge is 0.481 e. The molecule has 0 bridgehead atoms. The molecule has 14 heteroatoms. The number of hydrogen-bond acceptors (Lipinski definition) is 7. The number of imide groups is 2. The number of carboxylic acids is 3. The first-order chi connectivity index (χ1) is 17.5. The number of rotatable bonds is 13. The minimum absolute atomic E-state index is 0.193. The summed E-state index contributed by atoms with van der Waals surface area (Å²) in [6.07, 6.45) is 0.892. The summed E-state index contributed by atoms with van der Waals surface area (Å²) in [4.78, 5) is 77.1. The van der Waals surface area contributed by atoms with Gasteiger partial charge in [-0.3, -0.25) is 24.5 Å². The molecule has 0 radical (unpaired) electrons. The molecule has 2 rings (SSSR count). The first-order valence-corrected chi connectivity index (χ1v) is 11.4. The molecule has 0 aromatic heterocycles. The van der Waals surface area contributed by atoms with Crippen LogP contribution in [0.15, 0.2) is 30.3 Å². The Morgan fingerprint density at radius 1 is 0.892 bits per heavy atom. The Bertz CT molecular complexity index is 963. The second-order valence-corrected chi connectivity index (χ2v) is 7.88. The number of carboxylic acid groups (broad SMARTS) is 3. The number of nitrogens with one attached hydrogen (secondary N) is 3. The Balaban J connectivity index is 0.000000371. The molecular formula is C23H30N4O10. The number of amides is 6. The lowest BCUT2D eigenvalue weighted by atomic mass is 10.1. The van der Waals surface area contributed by atoms with Crippen molar-refractivity contribution in [3.63, 3.8) is 0 Å². The van der Waals surface area contributed by atoms with Crippen LogP contribution in [0.25, 0.3) is 0 Å². The highest BCUT2D eigenvalue weighted by Crippen LogP contribution is 2.13. The van der Waals surface area contributed by atoms with Crippen LogP contribution in [0.1, 0.15) is 50.5 Å². The molecule has 1 atom stereocenters. The molecule has 0 spiro atoms. The Morgan fingerprint density at radius 3 is 2.11 bits per heavy atom. The molecule has 6 N–H and O–H groups in total. The van der Waals surface area contributed by atoms with E-state index >= 15 is 0 Å². The number of carbonyl (C=O) groups excluding carboxylic acids is 4. The molecule has 14 nitrogen and oxygen atoms in total. The van der Waals surface area contributed by atoms with Crippen molar-refractivity contribution in [2.45, 2.75) is 57.5 Å². The smallest absolute Gasteiger partial charge is 0.331 e. The second kappa shape index (κ2) is 16.2. The zero-order valence-electron chi connectivity index (χ0n) is 20.0. The summed E-state index contributed by atoms with van der Waals surface area (Å²) in [5.41, 5.74) is 1.05. The summed E-state index contributed by atoms with van der Waals surface area (Å²) in [6, 6.07) is 6.76. The van der Waals surface area contributed by atoms with Crippen LogP contribution in [0, 0.1) is 0 Å². The SMILES string of the molecule is O=C(O)CCC(C(=O)O)N1C(=O)CC(=O)NC1=O.O=C(O)CCCCCNC(=O)NCc1ccccc1. The standard InChI is InChI=1S/C14H20N2O3.C9H10N2O7/c17-13(18)9-5-2-6-10-15-14(19)16-11-12-7-3-1-4-8-12;12-5-3-6(13)11(9(18)10-5)4(8(16)17)1-2-7(14)15/h1,3-4,7-8H,2,5-6,9-11H2,(H,17,18)(H2,15,16,19);4H,1-3H2,(H,14,15)(H,16,17)(H,10,12,18). The van der Waals surface area contributed by atoms with Gasteiger partial charge in [-0.2, -0.15) is 0 Å². The number of benzene rings is 1. The lowest BCUT2D eigenvalue weighted by Gasteiger charge is -2.29. The molecule has 1 aromatic carbocycles. The summed E-state index contributed by atoms with van der Waals surface area (Å²) >= 11 is 0. The van der Waals surface area contributed by atoms with Crippen molar-refractivity contribution in [2.75, 3.05) is 6.54 Å².